The van der Waals surface area contributed by atoms with Gasteiger partial charge in [-0.15, -0.1) is 0 Å². The molecule has 0 amide bonds. The highest BCUT2D eigenvalue weighted by molar-refractivity contribution is 5.99. The summed E-state index contributed by atoms with van der Waals surface area (Å²) < 4.78 is 0. The first-order valence-electron chi connectivity index (χ1n) is 5.65. The third-order valence-corrected chi connectivity index (χ3v) is 2.46. The van der Waals surface area contributed by atoms with Gasteiger partial charge in [-0.25, -0.2) is 0 Å². The number of Topliss-reactive ketones (excluding diaryl/α,β-unsaturated/α-hetero) is 1. The van der Waals surface area contributed by atoms with Crippen molar-refractivity contribution in [1.82, 2.24) is 5.32 Å². The van der Waals surface area contributed by atoms with Crippen LogP contribution in [0.1, 0.15) is 42.3 Å². The first-order valence-corrected chi connectivity index (χ1v) is 5.65. The van der Waals surface area contributed by atoms with Gasteiger partial charge in [-0.1, -0.05) is 23.8 Å². The first kappa shape index (κ1) is 12.9. The summed E-state index contributed by atoms with van der Waals surface area (Å²) >= 11 is 0. The van der Waals surface area contributed by atoms with E-state index in [1.807, 2.05) is 32.0 Å². The highest BCUT2D eigenvalue weighted by atomic mass is 16.1. The van der Waals surface area contributed by atoms with Gasteiger partial charge >= 0.3 is 0 Å². The van der Waals surface area contributed by atoms with Crippen molar-refractivity contribution in [2.75, 3.05) is 6.54 Å². The molecule has 0 saturated heterocycles. The van der Waals surface area contributed by atoms with Crippen LogP contribution in [0.5, 0.6) is 0 Å². The summed E-state index contributed by atoms with van der Waals surface area (Å²) in [6.45, 7) is 10.6. The molecule has 0 aromatic heterocycles. The van der Waals surface area contributed by atoms with Crippen LogP contribution in [0.25, 0.3) is 0 Å². The smallest absolute Gasteiger partial charge is 0.176 e. The van der Waals surface area contributed by atoms with E-state index in [0.717, 1.165) is 11.1 Å². The number of hydrogen-bond donors (Lipinski definition) is 1. The molecule has 0 radical (unpaired) electrons. The summed E-state index contributed by atoms with van der Waals surface area (Å²) in [5, 5.41) is 3.21. The Kier molecular flexibility index (Phi) is 3.87. The first-order chi connectivity index (χ1) is 7.29. The lowest BCUT2D eigenvalue weighted by molar-refractivity contribution is 0.0981. The molecule has 0 spiro atoms. The topological polar surface area (TPSA) is 29.1 Å². The SMILES string of the molecule is Cc1ccc(C(=O)CNC(C)(C)C)c(C)c1. The number of nitrogens with one attached hydrogen (secondary N) is 1. The Morgan fingerprint density at radius 2 is 1.88 bits per heavy atom. The average molecular weight is 219 g/mol. The molecule has 0 aliphatic heterocycles. The summed E-state index contributed by atoms with van der Waals surface area (Å²) in [5.41, 5.74) is 3.05. The van der Waals surface area contributed by atoms with Crippen LogP contribution in [0.2, 0.25) is 0 Å². The summed E-state index contributed by atoms with van der Waals surface area (Å²) in [5.74, 6) is 0.160. The summed E-state index contributed by atoms with van der Waals surface area (Å²) in [7, 11) is 0. The Hall–Kier alpha value is -1.15. The lowest BCUT2D eigenvalue weighted by Crippen LogP contribution is -2.39. The highest BCUT2D eigenvalue weighted by Crippen LogP contribution is 2.11. The van der Waals surface area contributed by atoms with Gasteiger partial charge in [0, 0.05) is 11.1 Å². The number of aryl methyl sites for hydroxylation is 2. The lowest BCUT2D eigenvalue weighted by Gasteiger charge is -2.20. The molecule has 0 atom stereocenters. The minimum atomic E-state index is -0.0196. The molecule has 88 valence electrons. The third kappa shape index (κ3) is 3.78. The minimum absolute atomic E-state index is 0.0196. The molecule has 2 nitrogen and oxygen atoms in total. The van der Waals surface area contributed by atoms with Gasteiger partial charge in [0.05, 0.1) is 6.54 Å². The zero-order chi connectivity index (χ0) is 12.3. The van der Waals surface area contributed by atoms with Gasteiger partial charge in [0.15, 0.2) is 5.78 Å². The lowest BCUT2D eigenvalue weighted by atomic mass is 10.0. The molecule has 0 bridgehead atoms. The highest BCUT2D eigenvalue weighted by Gasteiger charge is 2.13. The molecule has 0 fully saturated rings. The second kappa shape index (κ2) is 4.79. The van der Waals surface area contributed by atoms with Gasteiger partial charge in [0.2, 0.25) is 0 Å². The van der Waals surface area contributed by atoms with Gasteiger partial charge in [-0.3, -0.25) is 4.79 Å². The molecule has 2 heteroatoms. The third-order valence-electron chi connectivity index (χ3n) is 2.46. The van der Waals surface area contributed by atoms with Crippen molar-refractivity contribution in [3.63, 3.8) is 0 Å². The van der Waals surface area contributed by atoms with Crippen molar-refractivity contribution in [2.45, 2.75) is 40.2 Å². The van der Waals surface area contributed by atoms with Crippen LogP contribution >= 0.6 is 0 Å². The van der Waals surface area contributed by atoms with Crippen LogP contribution in [-0.2, 0) is 0 Å². The van der Waals surface area contributed by atoms with E-state index in [2.05, 4.69) is 26.1 Å². The van der Waals surface area contributed by atoms with Gasteiger partial charge in [-0.05, 0) is 40.2 Å². The van der Waals surface area contributed by atoms with E-state index < -0.39 is 0 Å². The molecule has 0 saturated carbocycles. The molecule has 16 heavy (non-hydrogen) atoms. The fraction of sp³-hybridized carbons (Fsp3) is 0.500. The van der Waals surface area contributed by atoms with E-state index in [0.29, 0.717) is 6.54 Å². The zero-order valence-electron chi connectivity index (χ0n) is 10.8. The van der Waals surface area contributed by atoms with Gasteiger partial charge < -0.3 is 5.32 Å². The fourth-order valence-corrected chi connectivity index (χ4v) is 1.57. The quantitative estimate of drug-likeness (QED) is 0.792. The van der Waals surface area contributed by atoms with Crippen LogP contribution < -0.4 is 5.32 Å². The van der Waals surface area contributed by atoms with E-state index in [1.165, 1.54) is 5.56 Å². The average Bonchev–Trinajstić information content (AvgIpc) is 2.13. The Labute approximate surface area is 98.1 Å². The zero-order valence-corrected chi connectivity index (χ0v) is 10.8. The van der Waals surface area contributed by atoms with E-state index >= 15 is 0 Å². The Morgan fingerprint density at radius 1 is 1.25 bits per heavy atom. The molecular weight excluding hydrogens is 198 g/mol. The molecule has 1 aromatic rings. The van der Waals surface area contributed by atoms with E-state index in [9.17, 15) is 4.79 Å². The van der Waals surface area contributed by atoms with Gasteiger partial charge in [-0.2, -0.15) is 0 Å². The van der Waals surface area contributed by atoms with E-state index in [-0.39, 0.29) is 11.3 Å². The molecule has 0 heterocycles. The van der Waals surface area contributed by atoms with Crippen molar-refractivity contribution in [2.24, 2.45) is 0 Å². The Morgan fingerprint density at radius 3 is 2.38 bits per heavy atom. The number of hydrogen-bond acceptors (Lipinski definition) is 2. The predicted octanol–water partition coefficient (Wildman–Crippen LogP) is 2.87. The van der Waals surface area contributed by atoms with Crippen molar-refractivity contribution in [3.05, 3.63) is 34.9 Å². The van der Waals surface area contributed by atoms with Crippen LogP contribution in [-0.4, -0.2) is 17.9 Å². The Bertz CT molecular complexity index is 388. The fourth-order valence-electron chi connectivity index (χ4n) is 1.57. The van der Waals surface area contributed by atoms with E-state index in [4.69, 9.17) is 0 Å². The maximum absolute atomic E-state index is 12.0. The minimum Gasteiger partial charge on any atom is -0.305 e. The van der Waals surface area contributed by atoms with E-state index in [1.54, 1.807) is 0 Å². The number of ketones is 1. The largest absolute Gasteiger partial charge is 0.305 e. The van der Waals surface area contributed by atoms with Crippen molar-refractivity contribution in [1.29, 1.82) is 0 Å². The van der Waals surface area contributed by atoms with Gasteiger partial charge in [0.25, 0.3) is 0 Å². The number of rotatable bonds is 3. The molecule has 1 aromatic carbocycles. The molecule has 0 aliphatic carbocycles. The monoisotopic (exact) mass is 219 g/mol. The maximum Gasteiger partial charge on any atom is 0.176 e. The number of carbonyl (C=O) groups excluding carboxylic acids is 1. The second-order valence-corrected chi connectivity index (χ2v) is 5.35. The van der Waals surface area contributed by atoms with Crippen LogP contribution in [0, 0.1) is 13.8 Å². The van der Waals surface area contributed by atoms with Crippen molar-refractivity contribution >= 4 is 5.78 Å². The summed E-state index contributed by atoms with van der Waals surface area (Å²) in [6, 6.07) is 5.94. The number of carbonyl (C=O) groups is 1. The maximum atomic E-state index is 12.0. The summed E-state index contributed by atoms with van der Waals surface area (Å²) in [4.78, 5) is 12.0. The van der Waals surface area contributed by atoms with Crippen molar-refractivity contribution in [3.8, 4) is 0 Å². The standard InChI is InChI=1S/C14H21NO/c1-10-6-7-12(11(2)8-10)13(16)9-15-14(3,4)5/h6-8,15H,9H2,1-5H3. The predicted molar refractivity (Wildman–Crippen MR) is 68.0 cm³/mol. The van der Waals surface area contributed by atoms with Crippen LogP contribution in [0.4, 0.5) is 0 Å². The van der Waals surface area contributed by atoms with Crippen LogP contribution in [0.15, 0.2) is 18.2 Å². The second-order valence-electron chi connectivity index (χ2n) is 5.35. The van der Waals surface area contributed by atoms with Crippen LogP contribution in [0.3, 0.4) is 0 Å². The molecular formula is C14H21NO. The molecule has 1 rings (SSSR count). The van der Waals surface area contributed by atoms with Gasteiger partial charge in [0.1, 0.15) is 0 Å². The Balaban J connectivity index is 2.74. The van der Waals surface area contributed by atoms with Crippen molar-refractivity contribution < 1.29 is 4.79 Å². The molecule has 0 aliphatic rings. The molecule has 0 unspecified atom stereocenters. The molecule has 1 N–H and O–H groups in total. The summed E-state index contributed by atoms with van der Waals surface area (Å²) in [6.07, 6.45) is 0. The normalized spacial score (nSPS) is 11.6. The number of benzene rings is 1.